The maximum absolute atomic E-state index is 13.1. The molecule has 5 rings (SSSR count). The van der Waals surface area contributed by atoms with E-state index in [0.29, 0.717) is 19.6 Å². The predicted octanol–water partition coefficient (Wildman–Crippen LogP) is 2.84. The molecule has 1 aromatic heterocycles. The standard InChI is InChI=1S/C24H25N5O3S2/c25-16-18-6-1-4-10-22(18)34(31,32)29-14-12-27(13-15-29)23(30)17-28-11-5-8-20(28)24-26-19-7-2-3-9-21(19)33-24/h1-4,6-7,9-10,20H,5,8,11-15,17H2. The lowest BCUT2D eigenvalue weighted by molar-refractivity contribution is -0.133. The van der Waals surface area contributed by atoms with E-state index in [1.165, 1.54) is 16.4 Å². The van der Waals surface area contributed by atoms with Crippen molar-refractivity contribution in [3.63, 3.8) is 0 Å². The maximum Gasteiger partial charge on any atom is 0.244 e. The second-order valence-electron chi connectivity index (χ2n) is 8.54. The summed E-state index contributed by atoms with van der Waals surface area (Å²) in [6.07, 6.45) is 2.01. The molecule has 1 amide bonds. The first kappa shape index (κ1) is 22.9. The van der Waals surface area contributed by atoms with E-state index in [9.17, 15) is 18.5 Å². The number of likely N-dealkylation sites (tertiary alicyclic amines) is 1. The highest BCUT2D eigenvalue weighted by Crippen LogP contribution is 2.36. The zero-order chi connectivity index (χ0) is 23.7. The number of carbonyl (C=O) groups is 1. The number of fused-ring (bicyclic) bond motifs is 1. The second-order valence-corrected chi connectivity index (χ2v) is 11.5. The Morgan fingerprint density at radius 3 is 2.56 bits per heavy atom. The van der Waals surface area contributed by atoms with Gasteiger partial charge in [0.2, 0.25) is 15.9 Å². The number of benzene rings is 2. The van der Waals surface area contributed by atoms with E-state index in [4.69, 9.17) is 4.98 Å². The SMILES string of the molecule is N#Cc1ccccc1S(=O)(=O)N1CCN(C(=O)CN2CCCC2c2nc3ccccc3s2)CC1. The number of sulfonamides is 1. The molecular formula is C24H25N5O3S2. The van der Waals surface area contributed by atoms with Crippen LogP contribution in [0, 0.1) is 11.3 Å². The average molecular weight is 496 g/mol. The summed E-state index contributed by atoms with van der Waals surface area (Å²) in [5.41, 5.74) is 1.13. The number of rotatable bonds is 5. The minimum absolute atomic E-state index is 0.0162. The number of hydrogen-bond acceptors (Lipinski definition) is 7. The lowest BCUT2D eigenvalue weighted by Gasteiger charge is -2.35. The van der Waals surface area contributed by atoms with Gasteiger partial charge in [-0.2, -0.15) is 9.57 Å². The number of para-hydroxylation sites is 1. The smallest absolute Gasteiger partial charge is 0.244 e. The topological polar surface area (TPSA) is 97.6 Å². The van der Waals surface area contributed by atoms with Crippen molar-refractivity contribution in [1.29, 1.82) is 5.26 Å². The summed E-state index contributed by atoms with van der Waals surface area (Å²) >= 11 is 1.69. The molecule has 2 fully saturated rings. The van der Waals surface area contributed by atoms with Crippen LogP contribution in [-0.2, 0) is 14.8 Å². The van der Waals surface area contributed by atoms with Gasteiger partial charge < -0.3 is 4.90 Å². The zero-order valence-corrected chi connectivity index (χ0v) is 20.3. The van der Waals surface area contributed by atoms with Crippen LogP contribution in [0.2, 0.25) is 0 Å². The summed E-state index contributed by atoms with van der Waals surface area (Å²) in [7, 11) is -3.78. The summed E-state index contributed by atoms with van der Waals surface area (Å²) in [5.74, 6) is 0.0162. The van der Waals surface area contributed by atoms with Gasteiger partial charge in [-0.25, -0.2) is 13.4 Å². The van der Waals surface area contributed by atoms with Crippen molar-refractivity contribution in [3.8, 4) is 6.07 Å². The largest absolute Gasteiger partial charge is 0.339 e. The predicted molar refractivity (Wildman–Crippen MR) is 130 cm³/mol. The quantitative estimate of drug-likeness (QED) is 0.540. The lowest BCUT2D eigenvalue weighted by Crippen LogP contribution is -2.52. The number of amides is 1. The molecule has 1 atom stereocenters. The van der Waals surface area contributed by atoms with E-state index < -0.39 is 10.0 Å². The van der Waals surface area contributed by atoms with Gasteiger partial charge in [0.25, 0.3) is 0 Å². The number of aromatic nitrogens is 1. The van der Waals surface area contributed by atoms with E-state index in [-0.39, 0.29) is 35.5 Å². The van der Waals surface area contributed by atoms with Crippen LogP contribution >= 0.6 is 11.3 Å². The molecule has 2 aliphatic rings. The molecule has 2 aromatic carbocycles. The molecular weight excluding hydrogens is 470 g/mol. The van der Waals surface area contributed by atoms with Crippen molar-refractivity contribution in [2.45, 2.75) is 23.8 Å². The first-order chi connectivity index (χ1) is 16.5. The van der Waals surface area contributed by atoms with Gasteiger partial charge >= 0.3 is 0 Å². The monoisotopic (exact) mass is 495 g/mol. The molecule has 0 bridgehead atoms. The highest BCUT2D eigenvalue weighted by Gasteiger charge is 2.34. The van der Waals surface area contributed by atoms with Gasteiger partial charge in [0, 0.05) is 26.2 Å². The van der Waals surface area contributed by atoms with Crippen LogP contribution in [0.25, 0.3) is 10.2 Å². The van der Waals surface area contributed by atoms with Crippen molar-refractivity contribution < 1.29 is 13.2 Å². The molecule has 3 aromatic rings. The van der Waals surface area contributed by atoms with Gasteiger partial charge in [-0.15, -0.1) is 11.3 Å². The van der Waals surface area contributed by atoms with Crippen LogP contribution in [0.15, 0.2) is 53.4 Å². The fourth-order valence-electron chi connectivity index (χ4n) is 4.70. The fourth-order valence-corrected chi connectivity index (χ4v) is 7.40. The Morgan fingerprint density at radius 1 is 1.06 bits per heavy atom. The number of thiazole rings is 1. The van der Waals surface area contributed by atoms with Crippen LogP contribution in [0.3, 0.4) is 0 Å². The molecule has 176 valence electrons. The number of carbonyl (C=O) groups excluding carboxylic acids is 1. The van der Waals surface area contributed by atoms with E-state index in [0.717, 1.165) is 34.6 Å². The van der Waals surface area contributed by atoms with Gasteiger partial charge in [-0.1, -0.05) is 24.3 Å². The highest BCUT2D eigenvalue weighted by molar-refractivity contribution is 7.89. The summed E-state index contributed by atoms with van der Waals surface area (Å²) in [6.45, 7) is 2.28. The lowest BCUT2D eigenvalue weighted by atomic mass is 10.2. The van der Waals surface area contributed by atoms with E-state index in [2.05, 4.69) is 11.0 Å². The minimum Gasteiger partial charge on any atom is -0.339 e. The average Bonchev–Trinajstić information content (AvgIpc) is 3.50. The van der Waals surface area contributed by atoms with Gasteiger partial charge in [0.05, 0.1) is 33.3 Å². The van der Waals surface area contributed by atoms with Gasteiger partial charge in [0.15, 0.2) is 0 Å². The fraction of sp³-hybridized carbons (Fsp3) is 0.375. The first-order valence-corrected chi connectivity index (χ1v) is 13.6. The molecule has 0 radical (unpaired) electrons. The Kier molecular flexibility index (Phi) is 6.36. The van der Waals surface area contributed by atoms with E-state index >= 15 is 0 Å². The molecule has 1 unspecified atom stereocenters. The third-order valence-corrected chi connectivity index (χ3v) is 9.61. The number of hydrogen-bond donors (Lipinski definition) is 0. The third kappa shape index (κ3) is 4.32. The summed E-state index contributed by atoms with van der Waals surface area (Å²) in [5, 5.41) is 10.3. The molecule has 0 N–H and O–H groups in total. The zero-order valence-electron chi connectivity index (χ0n) is 18.6. The van der Waals surface area contributed by atoms with Gasteiger partial charge in [-0.3, -0.25) is 9.69 Å². The van der Waals surface area contributed by atoms with Crippen molar-refractivity contribution in [2.24, 2.45) is 0 Å². The summed E-state index contributed by atoms with van der Waals surface area (Å²) in [6, 6.07) is 16.4. The van der Waals surface area contributed by atoms with Gasteiger partial charge in [0.1, 0.15) is 11.1 Å². The molecule has 10 heteroatoms. The maximum atomic E-state index is 13.1. The Labute approximate surface area is 203 Å². The van der Waals surface area contributed by atoms with Crippen molar-refractivity contribution >= 4 is 37.5 Å². The van der Waals surface area contributed by atoms with Crippen LogP contribution < -0.4 is 0 Å². The van der Waals surface area contributed by atoms with Crippen molar-refractivity contribution in [2.75, 3.05) is 39.3 Å². The van der Waals surface area contributed by atoms with Crippen molar-refractivity contribution in [3.05, 3.63) is 59.1 Å². The van der Waals surface area contributed by atoms with Crippen molar-refractivity contribution in [1.82, 2.24) is 19.1 Å². The van der Waals surface area contributed by atoms with Crippen LogP contribution in [-0.4, -0.2) is 72.7 Å². The molecule has 0 aliphatic carbocycles. The number of nitriles is 1. The summed E-state index contributed by atoms with van der Waals surface area (Å²) < 4.78 is 28.6. The Bertz CT molecular complexity index is 1320. The Hall–Kier alpha value is -2.84. The molecule has 3 heterocycles. The molecule has 0 saturated carbocycles. The molecule has 34 heavy (non-hydrogen) atoms. The van der Waals surface area contributed by atoms with Crippen LogP contribution in [0.4, 0.5) is 0 Å². The number of nitrogens with zero attached hydrogens (tertiary/aromatic N) is 5. The Morgan fingerprint density at radius 2 is 1.79 bits per heavy atom. The van der Waals surface area contributed by atoms with E-state index in [1.54, 1.807) is 28.4 Å². The molecule has 0 spiro atoms. The first-order valence-electron chi connectivity index (χ1n) is 11.3. The van der Waals surface area contributed by atoms with Gasteiger partial charge in [-0.05, 0) is 43.7 Å². The number of piperazine rings is 1. The molecule has 8 nitrogen and oxygen atoms in total. The third-order valence-electron chi connectivity index (χ3n) is 6.51. The minimum atomic E-state index is -3.78. The normalized spacial score (nSPS) is 20.0. The highest BCUT2D eigenvalue weighted by atomic mass is 32.2. The summed E-state index contributed by atoms with van der Waals surface area (Å²) in [4.78, 5) is 21.9. The van der Waals surface area contributed by atoms with Crippen LogP contribution in [0.1, 0.15) is 29.5 Å². The second kappa shape index (κ2) is 9.43. The van der Waals surface area contributed by atoms with E-state index in [1.807, 2.05) is 24.3 Å². The Balaban J connectivity index is 1.22. The molecule has 2 aliphatic heterocycles. The van der Waals surface area contributed by atoms with Crippen LogP contribution in [0.5, 0.6) is 0 Å². The molecule has 2 saturated heterocycles.